The molecule has 9 heteroatoms. The summed E-state index contributed by atoms with van der Waals surface area (Å²) >= 11 is 0. The number of halogens is 4. The van der Waals surface area contributed by atoms with Crippen LogP contribution in [-0.2, 0) is 22.3 Å². The van der Waals surface area contributed by atoms with Crippen LogP contribution >= 0.6 is 0 Å². The molecule has 0 bridgehead atoms. The van der Waals surface area contributed by atoms with Gasteiger partial charge >= 0.3 is 18.0 Å². The highest BCUT2D eigenvalue weighted by atomic mass is 19.4. The van der Waals surface area contributed by atoms with Gasteiger partial charge in [0.25, 0.3) is 0 Å². The van der Waals surface area contributed by atoms with E-state index in [0.29, 0.717) is 5.56 Å². The summed E-state index contributed by atoms with van der Waals surface area (Å²) in [5.41, 5.74) is -0.111. The Kier molecular flexibility index (Phi) is 6.51. The molecular formula is C18H16F4N2O3. The molecule has 0 aliphatic rings. The Morgan fingerprint density at radius 1 is 0.926 bits per heavy atom. The fourth-order valence-electron chi connectivity index (χ4n) is 2.15. The molecule has 0 saturated heterocycles. The normalized spacial score (nSPS) is 12.3. The van der Waals surface area contributed by atoms with Crippen LogP contribution in [0.3, 0.4) is 0 Å². The van der Waals surface area contributed by atoms with Gasteiger partial charge in [-0.15, -0.1) is 0 Å². The van der Waals surface area contributed by atoms with Crippen LogP contribution in [0.5, 0.6) is 0 Å². The lowest BCUT2D eigenvalue weighted by Gasteiger charge is -2.13. The highest BCUT2D eigenvalue weighted by Gasteiger charge is 2.30. The third-order valence-electron chi connectivity index (χ3n) is 3.65. The zero-order chi connectivity index (χ0) is 20.0. The van der Waals surface area contributed by atoms with Crippen molar-refractivity contribution in [2.24, 2.45) is 0 Å². The molecule has 0 heterocycles. The molecule has 0 aliphatic carbocycles. The quantitative estimate of drug-likeness (QED) is 0.547. The summed E-state index contributed by atoms with van der Waals surface area (Å²) in [5, 5.41) is 14.4. The SMILES string of the molecule is O=C(NCc1ccc(F)cc1)C(=O)NC[C@H](O)c1ccc(C(F)(F)F)cc1. The molecule has 0 aliphatic heterocycles. The zero-order valence-corrected chi connectivity index (χ0v) is 13.9. The number of rotatable bonds is 5. The van der Waals surface area contributed by atoms with Crippen molar-refractivity contribution in [2.45, 2.75) is 18.8 Å². The molecule has 144 valence electrons. The molecule has 2 aromatic carbocycles. The van der Waals surface area contributed by atoms with Crippen LogP contribution in [0.25, 0.3) is 0 Å². The molecule has 0 aromatic heterocycles. The molecule has 2 amide bonds. The van der Waals surface area contributed by atoms with E-state index in [9.17, 15) is 32.3 Å². The minimum absolute atomic E-state index is 0.00793. The Hall–Kier alpha value is -2.94. The van der Waals surface area contributed by atoms with Crippen LogP contribution in [0.4, 0.5) is 17.6 Å². The van der Waals surface area contributed by atoms with Crippen molar-refractivity contribution in [3.8, 4) is 0 Å². The Morgan fingerprint density at radius 2 is 1.48 bits per heavy atom. The summed E-state index contributed by atoms with van der Waals surface area (Å²) in [4.78, 5) is 23.4. The molecular weight excluding hydrogens is 368 g/mol. The number of alkyl halides is 3. The first-order valence-electron chi connectivity index (χ1n) is 7.82. The van der Waals surface area contributed by atoms with Gasteiger partial charge in [-0.1, -0.05) is 24.3 Å². The van der Waals surface area contributed by atoms with E-state index in [4.69, 9.17) is 0 Å². The average molecular weight is 384 g/mol. The molecule has 27 heavy (non-hydrogen) atoms. The van der Waals surface area contributed by atoms with Crippen molar-refractivity contribution >= 4 is 11.8 Å². The Labute approximate surface area is 152 Å². The minimum atomic E-state index is -4.49. The molecule has 1 atom stereocenters. The van der Waals surface area contributed by atoms with Gasteiger partial charge in [-0.05, 0) is 35.4 Å². The third-order valence-corrected chi connectivity index (χ3v) is 3.65. The van der Waals surface area contributed by atoms with E-state index in [2.05, 4.69) is 10.6 Å². The van der Waals surface area contributed by atoms with Crippen molar-refractivity contribution in [3.63, 3.8) is 0 Å². The van der Waals surface area contributed by atoms with E-state index < -0.39 is 35.5 Å². The number of carbonyl (C=O) groups excluding carboxylic acids is 2. The second-order valence-electron chi connectivity index (χ2n) is 5.65. The molecule has 0 spiro atoms. The van der Waals surface area contributed by atoms with E-state index in [1.54, 1.807) is 0 Å². The van der Waals surface area contributed by atoms with Gasteiger partial charge in [0.05, 0.1) is 11.7 Å². The van der Waals surface area contributed by atoms with Crippen LogP contribution in [0, 0.1) is 5.82 Å². The van der Waals surface area contributed by atoms with E-state index in [-0.39, 0.29) is 18.7 Å². The number of benzene rings is 2. The number of carbonyl (C=O) groups is 2. The smallest absolute Gasteiger partial charge is 0.387 e. The van der Waals surface area contributed by atoms with Gasteiger partial charge in [-0.2, -0.15) is 13.2 Å². The molecule has 2 rings (SSSR count). The number of aliphatic hydroxyl groups excluding tert-OH is 1. The molecule has 3 N–H and O–H groups in total. The van der Waals surface area contributed by atoms with E-state index in [1.165, 1.54) is 24.3 Å². The first-order chi connectivity index (χ1) is 12.7. The number of nitrogens with one attached hydrogen (secondary N) is 2. The van der Waals surface area contributed by atoms with Crippen molar-refractivity contribution in [3.05, 3.63) is 71.0 Å². The van der Waals surface area contributed by atoms with Crippen LogP contribution < -0.4 is 10.6 Å². The topological polar surface area (TPSA) is 78.4 Å². The van der Waals surface area contributed by atoms with E-state index in [1.807, 2.05) is 0 Å². The van der Waals surface area contributed by atoms with Gasteiger partial charge in [0.2, 0.25) is 0 Å². The summed E-state index contributed by atoms with van der Waals surface area (Å²) < 4.78 is 50.3. The third kappa shape index (κ3) is 6.07. The summed E-state index contributed by atoms with van der Waals surface area (Å²) in [5.74, 6) is -2.40. The zero-order valence-electron chi connectivity index (χ0n) is 13.9. The first kappa shape index (κ1) is 20.4. The summed E-state index contributed by atoms with van der Waals surface area (Å²) in [6.07, 6.45) is -5.76. The fourth-order valence-corrected chi connectivity index (χ4v) is 2.15. The fraction of sp³-hybridized carbons (Fsp3) is 0.222. The standard InChI is InChI=1S/C18H16F4N2O3/c19-14-7-1-11(2-8-14)9-23-16(26)17(27)24-10-15(25)12-3-5-13(6-4-12)18(20,21)22/h1-8,15,25H,9-10H2,(H,23,26)(H,24,27)/t15-/m0/s1. The highest BCUT2D eigenvalue weighted by Crippen LogP contribution is 2.29. The van der Waals surface area contributed by atoms with Crippen LogP contribution in [-0.4, -0.2) is 23.5 Å². The van der Waals surface area contributed by atoms with Crippen molar-refractivity contribution < 1.29 is 32.3 Å². The minimum Gasteiger partial charge on any atom is -0.387 e. The maximum Gasteiger partial charge on any atom is 0.416 e. The van der Waals surface area contributed by atoms with Gasteiger partial charge in [-0.25, -0.2) is 4.39 Å². The van der Waals surface area contributed by atoms with Gasteiger partial charge in [-0.3, -0.25) is 9.59 Å². The molecule has 0 unspecified atom stereocenters. The Morgan fingerprint density at radius 3 is 2.04 bits per heavy atom. The highest BCUT2D eigenvalue weighted by molar-refractivity contribution is 6.35. The van der Waals surface area contributed by atoms with Gasteiger partial charge < -0.3 is 15.7 Å². The van der Waals surface area contributed by atoms with Gasteiger partial charge in [0.15, 0.2) is 0 Å². The summed E-state index contributed by atoms with van der Waals surface area (Å²) in [7, 11) is 0. The van der Waals surface area contributed by atoms with E-state index in [0.717, 1.165) is 24.3 Å². The second kappa shape index (κ2) is 8.63. The lowest BCUT2D eigenvalue weighted by molar-refractivity contribution is -0.139. The monoisotopic (exact) mass is 384 g/mol. The second-order valence-corrected chi connectivity index (χ2v) is 5.65. The van der Waals surface area contributed by atoms with Crippen molar-refractivity contribution in [1.29, 1.82) is 0 Å². The number of hydrogen-bond acceptors (Lipinski definition) is 3. The average Bonchev–Trinajstić information content (AvgIpc) is 2.64. The summed E-state index contributed by atoms with van der Waals surface area (Å²) in [6.45, 7) is -0.345. The molecule has 2 aromatic rings. The lowest BCUT2D eigenvalue weighted by Crippen LogP contribution is -2.41. The van der Waals surface area contributed by atoms with Crippen LogP contribution in [0.2, 0.25) is 0 Å². The number of aliphatic hydroxyl groups is 1. The molecule has 5 nitrogen and oxygen atoms in total. The lowest BCUT2D eigenvalue weighted by atomic mass is 10.1. The number of amides is 2. The Balaban J connectivity index is 1.81. The predicted molar refractivity (Wildman–Crippen MR) is 87.7 cm³/mol. The van der Waals surface area contributed by atoms with Crippen molar-refractivity contribution in [1.82, 2.24) is 10.6 Å². The molecule has 0 radical (unpaired) electrons. The largest absolute Gasteiger partial charge is 0.416 e. The number of hydrogen-bond donors (Lipinski definition) is 3. The molecule has 0 fully saturated rings. The van der Waals surface area contributed by atoms with Crippen LogP contribution in [0.15, 0.2) is 48.5 Å². The van der Waals surface area contributed by atoms with Crippen LogP contribution in [0.1, 0.15) is 22.8 Å². The van der Waals surface area contributed by atoms with Gasteiger partial charge in [0.1, 0.15) is 5.82 Å². The van der Waals surface area contributed by atoms with Crippen molar-refractivity contribution in [2.75, 3.05) is 6.54 Å². The van der Waals surface area contributed by atoms with E-state index >= 15 is 0 Å². The Bertz CT molecular complexity index is 790. The maximum absolute atomic E-state index is 12.8. The van der Waals surface area contributed by atoms with Gasteiger partial charge in [0, 0.05) is 13.1 Å². The maximum atomic E-state index is 12.8. The predicted octanol–water partition coefficient (Wildman–Crippen LogP) is 2.31. The molecule has 0 saturated carbocycles. The first-order valence-corrected chi connectivity index (χ1v) is 7.82. The summed E-state index contributed by atoms with van der Waals surface area (Å²) in [6, 6.07) is 9.13.